The molecule has 162 valence electrons. The largest absolute Gasteiger partial charge is 0.439 e. The van der Waals surface area contributed by atoms with Gasteiger partial charge in [0.2, 0.25) is 17.5 Å². The minimum absolute atomic E-state index is 0.232. The van der Waals surface area contributed by atoms with E-state index in [9.17, 15) is 36.5 Å². The summed E-state index contributed by atoms with van der Waals surface area (Å²) in [4.78, 5) is 17.4. The van der Waals surface area contributed by atoms with E-state index in [4.69, 9.17) is 9.47 Å². The Morgan fingerprint density at radius 3 is 2.03 bits per heavy atom. The Balaban J connectivity index is 1.89. The molecule has 0 N–H and O–H groups in total. The van der Waals surface area contributed by atoms with Crippen LogP contribution in [0.1, 0.15) is 11.1 Å². The van der Waals surface area contributed by atoms with Gasteiger partial charge in [0.25, 0.3) is 0 Å². The predicted molar refractivity (Wildman–Crippen MR) is 91.7 cm³/mol. The van der Waals surface area contributed by atoms with Crippen LogP contribution in [0.25, 0.3) is 0 Å². The first-order valence-electron chi connectivity index (χ1n) is 8.14. The Kier molecular flexibility index (Phi) is 5.69. The summed E-state index contributed by atoms with van der Waals surface area (Å²) in [6.45, 7) is 0. The highest BCUT2D eigenvalue weighted by Gasteiger charge is 2.33. The van der Waals surface area contributed by atoms with E-state index in [1.165, 1.54) is 6.07 Å². The van der Waals surface area contributed by atoms with Crippen LogP contribution in [0.2, 0.25) is 0 Å². The van der Waals surface area contributed by atoms with E-state index in [0.29, 0.717) is 24.3 Å². The van der Waals surface area contributed by atoms with Gasteiger partial charge < -0.3 is 9.47 Å². The quantitative estimate of drug-likeness (QED) is 0.272. The molecule has 31 heavy (non-hydrogen) atoms. The molecule has 0 saturated heterocycles. The molecule has 0 aliphatic heterocycles. The fourth-order valence-corrected chi connectivity index (χ4v) is 2.33. The van der Waals surface area contributed by atoms with Crippen LogP contribution < -0.4 is 9.47 Å². The van der Waals surface area contributed by atoms with Gasteiger partial charge in [-0.05, 0) is 24.3 Å². The standard InChI is InChI=1S/C18H9F6N3O4/c19-17(20,21)10-2-1-3-12(6-10)30-15-8-16(26-9-25-15)31-14-7-11(18(22,23)24)4-5-13(14)27(28)29/h1-9H. The molecule has 3 aromatic rings. The molecule has 3 rings (SSSR count). The molecule has 0 spiro atoms. The van der Waals surface area contributed by atoms with Crippen molar-refractivity contribution in [3.8, 4) is 23.3 Å². The number of benzene rings is 2. The normalized spacial score (nSPS) is 11.8. The van der Waals surface area contributed by atoms with Crippen LogP contribution >= 0.6 is 0 Å². The van der Waals surface area contributed by atoms with Gasteiger partial charge in [-0.2, -0.15) is 26.3 Å². The molecular weight excluding hydrogens is 436 g/mol. The lowest BCUT2D eigenvalue weighted by Crippen LogP contribution is -2.06. The van der Waals surface area contributed by atoms with Crippen molar-refractivity contribution in [2.75, 3.05) is 0 Å². The lowest BCUT2D eigenvalue weighted by Gasteiger charge is -2.11. The van der Waals surface area contributed by atoms with Crippen LogP contribution in [0, 0.1) is 10.1 Å². The van der Waals surface area contributed by atoms with Gasteiger partial charge in [-0.3, -0.25) is 10.1 Å². The van der Waals surface area contributed by atoms with E-state index in [1.807, 2.05) is 0 Å². The maximum atomic E-state index is 12.9. The fourth-order valence-electron chi connectivity index (χ4n) is 2.33. The van der Waals surface area contributed by atoms with Crippen molar-refractivity contribution < 1.29 is 40.7 Å². The van der Waals surface area contributed by atoms with Crippen LogP contribution in [0.15, 0.2) is 54.9 Å². The van der Waals surface area contributed by atoms with E-state index in [2.05, 4.69) is 9.97 Å². The summed E-state index contributed by atoms with van der Waals surface area (Å²) in [5.74, 6) is -1.72. The number of hydrogen-bond acceptors (Lipinski definition) is 6. The maximum Gasteiger partial charge on any atom is 0.416 e. The number of nitrogens with zero attached hydrogens (tertiary/aromatic N) is 3. The molecule has 7 nitrogen and oxygen atoms in total. The third-order valence-electron chi connectivity index (χ3n) is 3.70. The Labute approximate surface area is 169 Å². The van der Waals surface area contributed by atoms with E-state index in [1.54, 1.807) is 0 Å². The van der Waals surface area contributed by atoms with E-state index >= 15 is 0 Å². The zero-order valence-corrected chi connectivity index (χ0v) is 14.9. The summed E-state index contributed by atoms with van der Waals surface area (Å²) in [5.41, 5.74) is -2.93. The number of hydrogen-bond donors (Lipinski definition) is 0. The Hall–Kier alpha value is -3.90. The number of aromatic nitrogens is 2. The number of alkyl halides is 6. The number of halogens is 6. The molecule has 0 unspecified atom stereocenters. The molecule has 0 atom stereocenters. The van der Waals surface area contributed by atoms with Crippen molar-refractivity contribution >= 4 is 5.69 Å². The van der Waals surface area contributed by atoms with Gasteiger partial charge in [-0.15, -0.1) is 0 Å². The Morgan fingerprint density at radius 1 is 0.806 bits per heavy atom. The summed E-state index contributed by atoms with van der Waals surface area (Å²) in [6, 6.07) is 6.37. The second-order valence-corrected chi connectivity index (χ2v) is 5.86. The SMILES string of the molecule is O=[N+]([O-])c1ccc(C(F)(F)F)cc1Oc1cc(Oc2cccc(C(F)(F)F)c2)ncn1. The van der Waals surface area contributed by atoms with Gasteiger partial charge in [-0.25, -0.2) is 9.97 Å². The highest BCUT2D eigenvalue weighted by molar-refractivity contribution is 5.50. The van der Waals surface area contributed by atoms with Crippen LogP contribution in [0.3, 0.4) is 0 Å². The van der Waals surface area contributed by atoms with Gasteiger partial charge in [0.05, 0.1) is 22.1 Å². The summed E-state index contributed by atoms with van der Waals surface area (Å²) in [5, 5.41) is 11.1. The molecule has 0 radical (unpaired) electrons. The first-order chi connectivity index (χ1) is 14.4. The highest BCUT2D eigenvalue weighted by atomic mass is 19.4. The molecule has 13 heteroatoms. The van der Waals surface area contributed by atoms with Crippen molar-refractivity contribution in [2.45, 2.75) is 12.4 Å². The first kappa shape index (κ1) is 21.8. The number of nitro benzene ring substituents is 1. The van der Waals surface area contributed by atoms with E-state index in [-0.39, 0.29) is 11.6 Å². The summed E-state index contributed by atoms with van der Waals surface area (Å²) >= 11 is 0. The molecule has 0 fully saturated rings. The molecule has 1 heterocycles. The van der Waals surface area contributed by atoms with Crippen molar-refractivity contribution in [3.63, 3.8) is 0 Å². The highest BCUT2D eigenvalue weighted by Crippen LogP contribution is 2.38. The fraction of sp³-hybridized carbons (Fsp3) is 0.111. The molecule has 2 aromatic carbocycles. The smallest absolute Gasteiger partial charge is 0.416 e. The molecule has 0 aliphatic carbocycles. The van der Waals surface area contributed by atoms with Gasteiger partial charge >= 0.3 is 18.0 Å². The lowest BCUT2D eigenvalue weighted by molar-refractivity contribution is -0.385. The summed E-state index contributed by atoms with van der Waals surface area (Å²) < 4.78 is 87.4. The molecular formula is C18H9F6N3O4. The average Bonchev–Trinajstić information content (AvgIpc) is 2.67. The van der Waals surface area contributed by atoms with Crippen molar-refractivity contribution in [1.29, 1.82) is 0 Å². The summed E-state index contributed by atoms with van der Waals surface area (Å²) in [6.07, 6.45) is -8.53. The van der Waals surface area contributed by atoms with Crippen LogP contribution in [0.5, 0.6) is 23.3 Å². The number of nitro groups is 1. The Morgan fingerprint density at radius 2 is 1.42 bits per heavy atom. The zero-order valence-electron chi connectivity index (χ0n) is 14.9. The van der Waals surface area contributed by atoms with Gasteiger partial charge in [-0.1, -0.05) is 6.07 Å². The maximum absolute atomic E-state index is 12.9. The lowest BCUT2D eigenvalue weighted by atomic mass is 10.2. The zero-order chi connectivity index (χ0) is 22.8. The predicted octanol–water partition coefficient (Wildman–Crippen LogP) is 6.01. The monoisotopic (exact) mass is 445 g/mol. The molecule has 0 bridgehead atoms. The summed E-state index contributed by atoms with van der Waals surface area (Å²) in [7, 11) is 0. The van der Waals surface area contributed by atoms with Crippen molar-refractivity contribution in [2.24, 2.45) is 0 Å². The van der Waals surface area contributed by atoms with Crippen molar-refractivity contribution in [3.05, 3.63) is 76.1 Å². The van der Waals surface area contributed by atoms with Crippen molar-refractivity contribution in [1.82, 2.24) is 9.97 Å². The van der Waals surface area contributed by atoms with E-state index in [0.717, 1.165) is 24.5 Å². The van der Waals surface area contributed by atoms with Crippen LogP contribution in [0.4, 0.5) is 32.0 Å². The molecule has 0 saturated carbocycles. The third kappa shape index (κ3) is 5.38. The van der Waals surface area contributed by atoms with Crippen LogP contribution in [-0.4, -0.2) is 14.9 Å². The van der Waals surface area contributed by atoms with Crippen LogP contribution in [-0.2, 0) is 12.4 Å². The van der Waals surface area contributed by atoms with E-state index < -0.39 is 45.7 Å². The number of rotatable bonds is 5. The molecule has 0 amide bonds. The topological polar surface area (TPSA) is 87.4 Å². The van der Waals surface area contributed by atoms with Gasteiger partial charge in [0.15, 0.2) is 0 Å². The molecule has 1 aromatic heterocycles. The second-order valence-electron chi connectivity index (χ2n) is 5.86. The average molecular weight is 445 g/mol. The first-order valence-corrected chi connectivity index (χ1v) is 8.14. The minimum atomic E-state index is -4.78. The second kappa shape index (κ2) is 8.08. The van der Waals surface area contributed by atoms with Gasteiger partial charge in [0, 0.05) is 12.1 Å². The van der Waals surface area contributed by atoms with Gasteiger partial charge in [0.1, 0.15) is 12.1 Å². The number of ether oxygens (including phenoxy) is 2. The Bertz CT molecular complexity index is 1120. The minimum Gasteiger partial charge on any atom is -0.439 e. The molecule has 0 aliphatic rings. The third-order valence-corrected chi connectivity index (χ3v) is 3.70.